The van der Waals surface area contributed by atoms with E-state index >= 15 is 0 Å². The monoisotopic (exact) mass is 386 g/mol. The molecule has 1 N–H and O–H groups in total. The molecule has 1 saturated carbocycles. The van der Waals surface area contributed by atoms with Crippen LogP contribution in [0.2, 0.25) is 0 Å². The quantitative estimate of drug-likeness (QED) is 0.710. The summed E-state index contributed by atoms with van der Waals surface area (Å²) in [5.74, 6) is 2.57. The number of hydrogen-bond donors (Lipinski definition) is 1. The molecule has 0 aromatic heterocycles. The number of carbonyl (C=O) groups excluding carboxylic acids is 1. The van der Waals surface area contributed by atoms with Gasteiger partial charge in [0.05, 0.1) is 0 Å². The van der Waals surface area contributed by atoms with Gasteiger partial charge in [0.25, 0.3) is 0 Å². The van der Waals surface area contributed by atoms with Crippen LogP contribution in [0.25, 0.3) is 0 Å². The molecule has 156 valence electrons. The minimum Gasteiger partial charge on any atom is -0.445 e. The number of hydrogen-bond acceptors (Lipinski definition) is 3. The summed E-state index contributed by atoms with van der Waals surface area (Å²) in [7, 11) is 0. The number of carbonyl (C=O) groups is 1. The van der Waals surface area contributed by atoms with E-state index in [1.165, 1.54) is 25.7 Å². The predicted octanol–water partition coefficient (Wildman–Crippen LogP) is 5.09. The fourth-order valence-corrected chi connectivity index (χ4v) is 5.43. The molecule has 1 heterocycles. The third-order valence-corrected chi connectivity index (χ3v) is 6.64. The van der Waals surface area contributed by atoms with Gasteiger partial charge in [0, 0.05) is 12.6 Å². The lowest BCUT2D eigenvalue weighted by molar-refractivity contribution is 0.0164. The Morgan fingerprint density at radius 1 is 1.21 bits per heavy atom. The largest absolute Gasteiger partial charge is 0.445 e. The first-order chi connectivity index (χ1) is 13.6. The first-order valence-corrected chi connectivity index (χ1v) is 11.3. The molecular formula is C24H38N2O2. The zero-order chi connectivity index (χ0) is 19.9. The van der Waals surface area contributed by atoms with Crippen molar-refractivity contribution in [2.45, 2.75) is 65.5 Å². The Kier molecular flexibility index (Phi) is 7.78. The number of fused-ring (bicyclic) bond motifs is 1. The van der Waals surface area contributed by atoms with Crippen LogP contribution in [0.15, 0.2) is 30.3 Å². The molecule has 28 heavy (non-hydrogen) atoms. The van der Waals surface area contributed by atoms with Crippen molar-refractivity contribution >= 4 is 6.09 Å². The first-order valence-electron chi connectivity index (χ1n) is 11.3. The number of benzene rings is 1. The Balaban J connectivity index is 1.72. The van der Waals surface area contributed by atoms with E-state index in [4.69, 9.17) is 4.74 Å². The lowest BCUT2D eigenvalue weighted by Gasteiger charge is -2.47. The number of rotatable bonds is 7. The van der Waals surface area contributed by atoms with Gasteiger partial charge >= 0.3 is 6.09 Å². The smallest absolute Gasteiger partial charge is 0.410 e. The fourth-order valence-electron chi connectivity index (χ4n) is 5.43. The van der Waals surface area contributed by atoms with Crippen LogP contribution < -0.4 is 5.32 Å². The molecule has 0 radical (unpaired) electrons. The van der Waals surface area contributed by atoms with E-state index in [0.29, 0.717) is 18.4 Å². The molecule has 2 aliphatic rings. The van der Waals surface area contributed by atoms with E-state index < -0.39 is 0 Å². The van der Waals surface area contributed by atoms with Crippen LogP contribution in [-0.2, 0) is 11.3 Å². The minimum absolute atomic E-state index is 0.138. The van der Waals surface area contributed by atoms with E-state index in [2.05, 4.69) is 31.0 Å². The van der Waals surface area contributed by atoms with Crippen molar-refractivity contribution in [1.29, 1.82) is 0 Å². The summed E-state index contributed by atoms with van der Waals surface area (Å²) < 4.78 is 5.78. The van der Waals surface area contributed by atoms with Gasteiger partial charge in [0.15, 0.2) is 0 Å². The van der Waals surface area contributed by atoms with E-state index in [-0.39, 0.29) is 12.1 Å². The lowest BCUT2D eigenvalue weighted by atomic mass is 9.66. The van der Waals surface area contributed by atoms with Gasteiger partial charge in [-0.05, 0) is 68.0 Å². The normalized spacial score (nSPS) is 25.8. The number of amides is 1. The van der Waals surface area contributed by atoms with Crippen LogP contribution in [0.3, 0.4) is 0 Å². The summed E-state index contributed by atoms with van der Waals surface area (Å²) in [6.45, 7) is 10.0. The topological polar surface area (TPSA) is 41.6 Å². The highest BCUT2D eigenvalue weighted by molar-refractivity contribution is 5.68. The van der Waals surface area contributed by atoms with Crippen molar-refractivity contribution in [2.75, 3.05) is 19.6 Å². The number of nitrogens with one attached hydrogen (secondary N) is 1. The second kappa shape index (κ2) is 10.3. The van der Waals surface area contributed by atoms with Crippen LogP contribution >= 0.6 is 0 Å². The van der Waals surface area contributed by atoms with E-state index in [1.54, 1.807) is 0 Å². The molecule has 1 aliphatic heterocycles. The van der Waals surface area contributed by atoms with E-state index in [1.807, 2.05) is 30.3 Å². The Bertz CT molecular complexity index is 602. The number of ether oxygens (including phenoxy) is 1. The SMILES string of the molecule is CCC(C1CCCC2CNCCC21)N(CC(C)C)C(=O)OCc1ccccc1. The Hall–Kier alpha value is -1.55. The Labute approximate surface area is 171 Å². The van der Waals surface area contributed by atoms with Gasteiger partial charge in [-0.25, -0.2) is 4.79 Å². The number of nitrogens with zero attached hydrogens (tertiary/aromatic N) is 1. The molecule has 3 rings (SSSR count). The summed E-state index contributed by atoms with van der Waals surface area (Å²) in [6.07, 6.45) is 6.00. The summed E-state index contributed by atoms with van der Waals surface area (Å²) in [5.41, 5.74) is 1.05. The van der Waals surface area contributed by atoms with Gasteiger partial charge in [0.1, 0.15) is 6.61 Å². The molecule has 2 fully saturated rings. The van der Waals surface area contributed by atoms with Crippen molar-refractivity contribution in [3.05, 3.63) is 35.9 Å². The minimum atomic E-state index is -0.138. The van der Waals surface area contributed by atoms with Crippen molar-refractivity contribution in [2.24, 2.45) is 23.7 Å². The fraction of sp³-hybridized carbons (Fsp3) is 0.708. The maximum absolute atomic E-state index is 13.1. The third-order valence-electron chi connectivity index (χ3n) is 6.64. The standard InChI is InChI=1S/C24H38N2O2/c1-4-23(22-12-8-11-20-15-25-14-13-21(20)22)26(16-18(2)3)24(27)28-17-19-9-6-5-7-10-19/h5-7,9-10,18,20-23,25H,4,8,11-17H2,1-3H3. The molecule has 1 amide bonds. The van der Waals surface area contributed by atoms with Crippen LogP contribution in [0.4, 0.5) is 4.79 Å². The molecule has 1 aromatic rings. The Morgan fingerprint density at radius 3 is 2.71 bits per heavy atom. The van der Waals surface area contributed by atoms with Crippen LogP contribution in [0.5, 0.6) is 0 Å². The lowest BCUT2D eigenvalue weighted by Crippen LogP contribution is -2.52. The highest BCUT2D eigenvalue weighted by atomic mass is 16.6. The zero-order valence-corrected chi connectivity index (χ0v) is 17.9. The second-order valence-electron chi connectivity index (χ2n) is 9.07. The molecule has 0 bridgehead atoms. The Morgan fingerprint density at radius 2 is 2.00 bits per heavy atom. The van der Waals surface area contributed by atoms with E-state index in [0.717, 1.165) is 43.5 Å². The van der Waals surface area contributed by atoms with Crippen LogP contribution in [0.1, 0.15) is 58.4 Å². The molecule has 1 aromatic carbocycles. The molecule has 1 saturated heterocycles. The molecule has 4 atom stereocenters. The summed E-state index contributed by atoms with van der Waals surface area (Å²) >= 11 is 0. The van der Waals surface area contributed by atoms with Gasteiger partial charge in [0.2, 0.25) is 0 Å². The van der Waals surface area contributed by atoms with E-state index in [9.17, 15) is 4.79 Å². The highest BCUT2D eigenvalue weighted by Crippen LogP contribution is 2.42. The third kappa shape index (κ3) is 5.28. The van der Waals surface area contributed by atoms with Gasteiger partial charge < -0.3 is 15.0 Å². The molecule has 4 nitrogen and oxygen atoms in total. The number of piperidine rings is 1. The maximum atomic E-state index is 13.1. The maximum Gasteiger partial charge on any atom is 0.410 e. The van der Waals surface area contributed by atoms with Crippen molar-refractivity contribution < 1.29 is 9.53 Å². The zero-order valence-electron chi connectivity index (χ0n) is 17.9. The van der Waals surface area contributed by atoms with Gasteiger partial charge in [-0.2, -0.15) is 0 Å². The second-order valence-corrected chi connectivity index (χ2v) is 9.07. The molecular weight excluding hydrogens is 348 g/mol. The average molecular weight is 387 g/mol. The van der Waals surface area contributed by atoms with Crippen LogP contribution in [-0.4, -0.2) is 36.7 Å². The van der Waals surface area contributed by atoms with Crippen molar-refractivity contribution in [3.8, 4) is 0 Å². The molecule has 4 unspecified atom stereocenters. The predicted molar refractivity (Wildman–Crippen MR) is 114 cm³/mol. The molecule has 1 aliphatic carbocycles. The molecule has 4 heteroatoms. The van der Waals surface area contributed by atoms with Crippen LogP contribution in [0, 0.1) is 23.7 Å². The van der Waals surface area contributed by atoms with Gasteiger partial charge in [-0.15, -0.1) is 0 Å². The van der Waals surface area contributed by atoms with Crippen molar-refractivity contribution in [1.82, 2.24) is 10.2 Å². The van der Waals surface area contributed by atoms with Gasteiger partial charge in [-0.3, -0.25) is 0 Å². The first kappa shape index (κ1) is 21.2. The summed E-state index contributed by atoms with van der Waals surface area (Å²) in [4.78, 5) is 15.2. The van der Waals surface area contributed by atoms with Gasteiger partial charge in [-0.1, -0.05) is 57.5 Å². The summed E-state index contributed by atoms with van der Waals surface area (Å²) in [5, 5.41) is 3.58. The molecule has 0 spiro atoms. The highest BCUT2D eigenvalue weighted by Gasteiger charge is 2.41. The average Bonchev–Trinajstić information content (AvgIpc) is 2.72. The summed E-state index contributed by atoms with van der Waals surface area (Å²) in [6, 6.07) is 10.3. The van der Waals surface area contributed by atoms with Crippen molar-refractivity contribution in [3.63, 3.8) is 0 Å².